The van der Waals surface area contributed by atoms with E-state index in [1.54, 1.807) is 6.26 Å². The maximum Gasteiger partial charge on any atom is 0.321 e. The predicted octanol–water partition coefficient (Wildman–Crippen LogP) is 2.43. The number of hydrogen-bond donors (Lipinski definition) is 0. The van der Waals surface area contributed by atoms with Gasteiger partial charge in [-0.25, -0.2) is 0 Å². The van der Waals surface area contributed by atoms with Crippen molar-refractivity contribution >= 4 is 0 Å². The van der Waals surface area contributed by atoms with Crippen LogP contribution < -0.4 is 0 Å². The van der Waals surface area contributed by atoms with Crippen LogP contribution in [0.25, 0.3) is 0 Å². The van der Waals surface area contributed by atoms with Gasteiger partial charge in [-0.1, -0.05) is 6.92 Å². The van der Waals surface area contributed by atoms with Gasteiger partial charge in [0.25, 0.3) is 0 Å². The van der Waals surface area contributed by atoms with Gasteiger partial charge in [0.15, 0.2) is 6.26 Å². The summed E-state index contributed by atoms with van der Waals surface area (Å²) in [6.45, 7) is 4.65. The van der Waals surface area contributed by atoms with Gasteiger partial charge in [-0.15, -0.1) is 0 Å². The molecule has 0 atom stereocenters. The van der Waals surface area contributed by atoms with Crippen LogP contribution in [0.15, 0.2) is 12.2 Å². The lowest BCUT2D eigenvalue weighted by Gasteiger charge is -2.02. The quantitative estimate of drug-likeness (QED) is 0.518. The normalized spacial score (nSPS) is 13.5. The van der Waals surface area contributed by atoms with E-state index in [0.29, 0.717) is 5.95 Å². The summed E-state index contributed by atoms with van der Waals surface area (Å²) in [4.78, 5) is 0. The minimum absolute atomic E-state index is 0.683. The molecule has 1 heterocycles. The molecule has 0 aromatic rings. The number of hydrogen-bond acceptors (Lipinski definition) is 3. The highest BCUT2D eigenvalue weighted by Crippen LogP contribution is 2.14. The van der Waals surface area contributed by atoms with Gasteiger partial charge in [-0.2, -0.15) is 0 Å². The smallest absolute Gasteiger partial charge is 0.321 e. The van der Waals surface area contributed by atoms with Crippen molar-refractivity contribution in [2.45, 2.75) is 32.6 Å². The Bertz CT molecular complexity index is 154. The van der Waals surface area contributed by atoms with Gasteiger partial charge in [0, 0.05) is 13.2 Å². The first-order valence-corrected chi connectivity index (χ1v) is 5.01. The molecule has 0 fully saturated rings. The van der Waals surface area contributed by atoms with E-state index in [-0.39, 0.29) is 0 Å². The molecule has 0 unspecified atom stereocenters. The molecule has 76 valence electrons. The SMILES string of the molecule is CCCOCCCCCOC1=CO1. The molecule has 0 aromatic heterocycles. The van der Waals surface area contributed by atoms with Crippen molar-refractivity contribution in [3.8, 4) is 0 Å². The molecule has 13 heavy (non-hydrogen) atoms. The molecule has 3 heteroatoms. The molecular formula is C10H18O3. The van der Waals surface area contributed by atoms with Gasteiger partial charge in [-0.3, -0.25) is 0 Å². The summed E-state index contributed by atoms with van der Waals surface area (Å²) in [7, 11) is 0. The molecule has 0 aromatic carbocycles. The maximum absolute atomic E-state index is 5.35. The van der Waals surface area contributed by atoms with E-state index < -0.39 is 0 Å². The summed E-state index contributed by atoms with van der Waals surface area (Å²) < 4.78 is 15.2. The second-order valence-electron chi connectivity index (χ2n) is 3.08. The van der Waals surface area contributed by atoms with Crippen LogP contribution in [0.3, 0.4) is 0 Å². The molecule has 0 amide bonds. The van der Waals surface area contributed by atoms with Crippen molar-refractivity contribution in [2.75, 3.05) is 19.8 Å². The lowest BCUT2D eigenvalue weighted by Crippen LogP contribution is -1.97. The molecule has 1 aliphatic rings. The summed E-state index contributed by atoms with van der Waals surface area (Å²) >= 11 is 0. The summed E-state index contributed by atoms with van der Waals surface area (Å²) in [5.41, 5.74) is 0. The summed E-state index contributed by atoms with van der Waals surface area (Å²) in [5, 5.41) is 0. The fourth-order valence-electron chi connectivity index (χ4n) is 0.994. The third-order valence-electron chi connectivity index (χ3n) is 1.74. The lowest BCUT2D eigenvalue weighted by molar-refractivity contribution is 0.123. The third kappa shape index (κ3) is 6.46. The lowest BCUT2D eigenvalue weighted by atomic mass is 10.2. The molecule has 0 N–H and O–H groups in total. The van der Waals surface area contributed by atoms with E-state index in [0.717, 1.165) is 45.5 Å². The summed E-state index contributed by atoms with van der Waals surface area (Å²) in [6.07, 6.45) is 6.09. The molecule has 0 radical (unpaired) electrons. The summed E-state index contributed by atoms with van der Waals surface area (Å²) in [5.74, 6) is 0.683. The maximum atomic E-state index is 5.35. The molecular weight excluding hydrogens is 168 g/mol. The van der Waals surface area contributed by atoms with Crippen molar-refractivity contribution in [3.63, 3.8) is 0 Å². The van der Waals surface area contributed by atoms with Gasteiger partial charge >= 0.3 is 5.95 Å². The molecule has 0 aliphatic carbocycles. The van der Waals surface area contributed by atoms with Gasteiger partial charge in [0.2, 0.25) is 0 Å². The highest BCUT2D eigenvalue weighted by Gasteiger charge is 2.09. The van der Waals surface area contributed by atoms with Crippen molar-refractivity contribution in [1.29, 1.82) is 0 Å². The van der Waals surface area contributed by atoms with E-state index >= 15 is 0 Å². The first kappa shape index (κ1) is 10.4. The third-order valence-corrected chi connectivity index (χ3v) is 1.74. The highest BCUT2D eigenvalue weighted by molar-refractivity contribution is 4.91. The Hall–Kier alpha value is -0.700. The van der Waals surface area contributed by atoms with E-state index in [9.17, 15) is 0 Å². The number of unbranched alkanes of at least 4 members (excludes halogenated alkanes) is 2. The first-order valence-electron chi connectivity index (χ1n) is 5.01. The van der Waals surface area contributed by atoms with Gasteiger partial charge in [-0.05, 0) is 25.7 Å². The summed E-state index contributed by atoms with van der Waals surface area (Å²) in [6, 6.07) is 0. The fourth-order valence-corrected chi connectivity index (χ4v) is 0.994. The number of rotatable bonds is 9. The van der Waals surface area contributed by atoms with E-state index in [2.05, 4.69) is 6.92 Å². The Morgan fingerprint density at radius 2 is 1.92 bits per heavy atom. The fraction of sp³-hybridized carbons (Fsp3) is 0.800. The Morgan fingerprint density at radius 3 is 2.62 bits per heavy atom. The second-order valence-corrected chi connectivity index (χ2v) is 3.08. The molecule has 0 spiro atoms. The van der Waals surface area contributed by atoms with Crippen LogP contribution in [0.2, 0.25) is 0 Å². The zero-order valence-electron chi connectivity index (χ0n) is 8.25. The standard InChI is InChI=1S/C10H18O3/c1-2-6-11-7-4-3-5-8-12-10-9-13-10/h9H,2-8H2,1H3. The van der Waals surface area contributed by atoms with Gasteiger partial charge in [0.05, 0.1) is 6.61 Å². The monoisotopic (exact) mass is 186 g/mol. The minimum atomic E-state index is 0.683. The Balaban J connectivity index is 1.66. The first-order chi connectivity index (χ1) is 6.43. The topological polar surface area (TPSA) is 31.0 Å². The van der Waals surface area contributed by atoms with Crippen LogP contribution in [-0.2, 0) is 14.2 Å². The predicted molar refractivity (Wildman–Crippen MR) is 50.1 cm³/mol. The Kier molecular flexibility index (Phi) is 5.41. The van der Waals surface area contributed by atoms with Crippen LogP contribution in [-0.4, -0.2) is 19.8 Å². The largest absolute Gasteiger partial charge is 0.463 e. The number of ether oxygens (including phenoxy) is 3. The van der Waals surface area contributed by atoms with Crippen LogP contribution in [0, 0.1) is 0 Å². The average Bonchev–Trinajstić information content (AvgIpc) is 2.93. The average molecular weight is 186 g/mol. The second kappa shape index (κ2) is 6.78. The highest BCUT2D eigenvalue weighted by atomic mass is 16.7. The van der Waals surface area contributed by atoms with E-state index in [1.807, 2.05) is 0 Å². The van der Waals surface area contributed by atoms with Crippen LogP contribution in [0.4, 0.5) is 0 Å². The minimum Gasteiger partial charge on any atom is -0.463 e. The van der Waals surface area contributed by atoms with Gasteiger partial charge < -0.3 is 14.2 Å². The Morgan fingerprint density at radius 1 is 1.15 bits per heavy atom. The zero-order valence-corrected chi connectivity index (χ0v) is 8.25. The molecule has 0 saturated heterocycles. The van der Waals surface area contributed by atoms with Crippen molar-refractivity contribution < 1.29 is 14.2 Å². The van der Waals surface area contributed by atoms with Crippen LogP contribution in [0.5, 0.6) is 0 Å². The van der Waals surface area contributed by atoms with Crippen molar-refractivity contribution in [2.24, 2.45) is 0 Å². The Labute approximate surface area is 79.7 Å². The van der Waals surface area contributed by atoms with Crippen molar-refractivity contribution in [3.05, 3.63) is 12.2 Å². The van der Waals surface area contributed by atoms with Gasteiger partial charge in [0.1, 0.15) is 0 Å². The molecule has 1 aliphatic heterocycles. The van der Waals surface area contributed by atoms with Crippen molar-refractivity contribution in [1.82, 2.24) is 0 Å². The van der Waals surface area contributed by atoms with Crippen LogP contribution >= 0.6 is 0 Å². The zero-order chi connectivity index (χ0) is 9.36. The molecule has 1 rings (SSSR count). The van der Waals surface area contributed by atoms with E-state index in [1.165, 1.54) is 0 Å². The molecule has 0 bridgehead atoms. The molecule has 3 nitrogen and oxygen atoms in total. The molecule has 0 saturated carbocycles. The van der Waals surface area contributed by atoms with E-state index in [4.69, 9.17) is 14.2 Å². The van der Waals surface area contributed by atoms with Crippen LogP contribution in [0.1, 0.15) is 32.6 Å².